The van der Waals surface area contributed by atoms with Crippen LogP contribution in [0.2, 0.25) is 0 Å². The van der Waals surface area contributed by atoms with Crippen LogP contribution in [0.4, 0.5) is 0 Å². The fourth-order valence-electron chi connectivity index (χ4n) is 8.95. The Kier molecular flexibility index (Phi) is 7.36. The van der Waals surface area contributed by atoms with Gasteiger partial charge < -0.3 is 0 Å². The molecule has 0 atom stereocenters. The standard InChI is InChI=1S/C52H34N4/c1-6-18-35(19-7-1)38-30-33-46-44(34-38)43-32-31-42-41-28-16-17-29-45(41)52(39-24-12-4-13-25-39,40-26-14-5-15-27-40)47(42)48(43)56(46)51-54-49(36-20-8-2-9-21-36)53-50(55-51)37-22-10-3-11-23-37/h1-34H. The van der Waals surface area contributed by atoms with E-state index in [1.807, 2.05) is 36.4 Å². The number of rotatable bonds is 6. The normalized spacial score (nSPS) is 12.8. The van der Waals surface area contributed by atoms with Gasteiger partial charge in [0.1, 0.15) is 0 Å². The van der Waals surface area contributed by atoms with Gasteiger partial charge in [0, 0.05) is 27.5 Å². The molecule has 8 aromatic carbocycles. The number of benzene rings is 8. The van der Waals surface area contributed by atoms with Crippen LogP contribution in [0.1, 0.15) is 22.3 Å². The van der Waals surface area contributed by atoms with Crippen molar-refractivity contribution >= 4 is 21.8 Å². The van der Waals surface area contributed by atoms with Crippen molar-refractivity contribution in [3.05, 3.63) is 229 Å². The van der Waals surface area contributed by atoms with Crippen LogP contribution in [0, 0.1) is 0 Å². The van der Waals surface area contributed by atoms with E-state index in [0.29, 0.717) is 17.6 Å². The Morgan fingerprint density at radius 3 is 1.48 bits per heavy atom. The van der Waals surface area contributed by atoms with E-state index in [9.17, 15) is 0 Å². The fourth-order valence-corrected chi connectivity index (χ4v) is 8.95. The summed E-state index contributed by atoms with van der Waals surface area (Å²) in [5, 5.41) is 2.28. The van der Waals surface area contributed by atoms with Crippen LogP contribution in [0.5, 0.6) is 0 Å². The Bertz CT molecular complexity index is 2950. The summed E-state index contributed by atoms with van der Waals surface area (Å²) in [4.78, 5) is 15.8. The molecule has 11 rings (SSSR count). The lowest BCUT2D eigenvalue weighted by molar-refractivity contribution is 0.770. The molecule has 0 saturated heterocycles. The zero-order valence-electron chi connectivity index (χ0n) is 30.4. The molecule has 1 aliphatic rings. The maximum absolute atomic E-state index is 5.36. The second-order valence-electron chi connectivity index (χ2n) is 14.4. The van der Waals surface area contributed by atoms with E-state index in [-0.39, 0.29) is 0 Å². The van der Waals surface area contributed by atoms with Crippen molar-refractivity contribution in [1.82, 2.24) is 19.5 Å². The number of hydrogen-bond donors (Lipinski definition) is 0. The number of fused-ring (bicyclic) bond motifs is 7. The van der Waals surface area contributed by atoms with Crippen molar-refractivity contribution in [3.8, 4) is 51.0 Å². The minimum Gasteiger partial charge on any atom is -0.277 e. The average molecular weight is 715 g/mol. The SMILES string of the molecule is c1ccc(-c2ccc3c(c2)c2ccc4c(c2n3-c2nc(-c3ccccc3)nc(-c3ccccc3)n2)C(c2ccccc2)(c2ccccc2)c2ccccc2-4)cc1. The molecule has 0 radical (unpaired) electrons. The maximum Gasteiger partial charge on any atom is 0.238 e. The van der Waals surface area contributed by atoms with Gasteiger partial charge in [0.2, 0.25) is 5.95 Å². The predicted octanol–water partition coefficient (Wildman–Crippen LogP) is 12.3. The molecule has 0 aliphatic heterocycles. The van der Waals surface area contributed by atoms with Crippen LogP contribution in [0.25, 0.3) is 72.8 Å². The number of nitrogens with zero attached hydrogens (tertiary/aromatic N) is 4. The summed E-state index contributed by atoms with van der Waals surface area (Å²) in [7, 11) is 0. The number of aromatic nitrogens is 4. The molecule has 56 heavy (non-hydrogen) atoms. The van der Waals surface area contributed by atoms with E-state index in [1.54, 1.807) is 0 Å². The highest BCUT2D eigenvalue weighted by molar-refractivity contribution is 6.14. The zero-order valence-corrected chi connectivity index (χ0v) is 30.4. The van der Waals surface area contributed by atoms with Crippen molar-refractivity contribution in [1.29, 1.82) is 0 Å². The first kappa shape index (κ1) is 32.0. The summed E-state index contributed by atoms with van der Waals surface area (Å²) < 4.78 is 2.31. The molecule has 0 fully saturated rings. The van der Waals surface area contributed by atoms with E-state index in [2.05, 4.69) is 174 Å². The highest BCUT2D eigenvalue weighted by atomic mass is 15.2. The van der Waals surface area contributed by atoms with Gasteiger partial charge in [0.25, 0.3) is 0 Å². The van der Waals surface area contributed by atoms with Crippen LogP contribution in [-0.4, -0.2) is 19.5 Å². The first-order valence-electron chi connectivity index (χ1n) is 19.0. The molecule has 0 spiro atoms. The third-order valence-electron chi connectivity index (χ3n) is 11.3. The highest BCUT2D eigenvalue weighted by Gasteiger charge is 2.48. The molecular weight excluding hydrogens is 681 g/mol. The molecule has 4 nitrogen and oxygen atoms in total. The molecule has 4 heteroatoms. The summed E-state index contributed by atoms with van der Waals surface area (Å²) in [5.41, 5.74) is 13.0. The molecular formula is C52H34N4. The van der Waals surface area contributed by atoms with Crippen molar-refractivity contribution in [2.75, 3.05) is 0 Å². The molecule has 0 unspecified atom stereocenters. The summed E-state index contributed by atoms with van der Waals surface area (Å²) in [6.45, 7) is 0. The van der Waals surface area contributed by atoms with E-state index >= 15 is 0 Å². The molecule has 262 valence electrons. The average Bonchev–Trinajstić information content (AvgIpc) is 3.78. The highest BCUT2D eigenvalue weighted by Crippen LogP contribution is 2.59. The first-order valence-corrected chi connectivity index (χ1v) is 19.0. The summed E-state index contributed by atoms with van der Waals surface area (Å²) in [5.74, 6) is 1.82. The van der Waals surface area contributed by atoms with Crippen molar-refractivity contribution in [2.24, 2.45) is 0 Å². The largest absolute Gasteiger partial charge is 0.277 e. The summed E-state index contributed by atoms with van der Waals surface area (Å²) in [6, 6.07) is 73.4. The topological polar surface area (TPSA) is 43.6 Å². The Morgan fingerprint density at radius 2 is 0.893 bits per heavy atom. The van der Waals surface area contributed by atoms with Crippen LogP contribution < -0.4 is 0 Å². The second-order valence-corrected chi connectivity index (χ2v) is 14.4. The lowest BCUT2D eigenvalue weighted by Gasteiger charge is -2.34. The summed E-state index contributed by atoms with van der Waals surface area (Å²) >= 11 is 0. The van der Waals surface area contributed by atoms with E-state index < -0.39 is 5.41 Å². The van der Waals surface area contributed by atoms with Gasteiger partial charge in [0.05, 0.1) is 16.4 Å². The van der Waals surface area contributed by atoms with Gasteiger partial charge in [0.15, 0.2) is 11.6 Å². The molecule has 2 heterocycles. The molecule has 2 aromatic heterocycles. The smallest absolute Gasteiger partial charge is 0.238 e. The van der Waals surface area contributed by atoms with Crippen LogP contribution in [0.15, 0.2) is 206 Å². The Labute approximate surface area is 325 Å². The lowest BCUT2D eigenvalue weighted by atomic mass is 9.67. The summed E-state index contributed by atoms with van der Waals surface area (Å²) in [6.07, 6.45) is 0. The van der Waals surface area contributed by atoms with E-state index in [1.165, 1.54) is 38.9 Å². The van der Waals surface area contributed by atoms with Gasteiger partial charge in [-0.2, -0.15) is 9.97 Å². The molecule has 0 bridgehead atoms. The van der Waals surface area contributed by atoms with Gasteiger partial charge in [-0.25, -0.2) is 4.98 Å². The molecule has 1 aliphatic carbocycles. The Hall–Kier alpha value is -7.43. The third-order valence-corrected chi connectivity index (χ3v) is 11.3. The van der Waals surface area contributed by atoms with Gasteiger partial charge in [-0.1, -0.05) is 194 Å². The van der Waals surface area contributed by atoms with Crippen LogP contribution in [-0.2, 0) is 5.41 Å². The predicted molar refractivity (Wildman–Crippen MR) is 228 cm³/mol. The van der Waals surface area contributed by atoms with Crippen LogP contribution in [0.3, 0.4) is 0 Å². The monoisotopic (exact) mass is 714 g/mol. The van der Waals surface area contributed by atoms with Crippen molar-refractivity contribution in [2.45, 2.75) is 5.41 Å². The maximum atomic E-state index is 5.36. The minimum atomic E-state index is -0.639. The van der Waals surface area contributed by atoms with Gasteiger partial charge in [-0.15, -0.1) is 0 Å². The quantitative estimate of drug-likeness (QED) is 0.172. The van der Waals surface area contributed by atoms with Crippen LogP contribution >= 0.6 is 0 Å². The van der Waals surface area contributed by atoms with E-state index in [4.69, 9.17) is 15.0 Å². The zero-order chi connectivity index (χ0) is 37.1. The van der Waals surface area contributed by atoms with Gasteiger partial charge >= 0.3 is 0 Å². The number of hydrogen-bond acceptors (Lipinski definition) is 3. The first-order chi connectivity index (χ1) is 27.8. The molecule has 10 aromatic rings. The second kappa shape index (κ2) is 12.9. The molecule has 0 amide bonds. The minimum absolute atomic E-state index is 0.574. The lowest BCUT2D eigenvalue weighted by Crippen LogP contribution is -2.29. The fraction of sp³-hybridized carbons (Fsp3) is 0.0192. The van der Waals surface area contributed by atoms with E-state index in [0.717, 1.165) is 38.5 Å². The van der Waals surface area contributed by atoms with Gasteiger partial charge in [-0.3, -0.25) is 4.57 Å². The Balaban J connectivity index is 1.34. The van der Waals surface area contributed by atoms with Crippen molar-refractivity contribution < 1.29 is 0 Å². The third kappa shape index (κ3) is 4.83. The molecule has 0 saturated carbocycles. The van der Waals surface area contributed by atoms with Gasteiger partial charge in [-0.05, 0) is 51.1 Å². The molecule has 0 N–H and O–H groups in total. The van der Waals surface area contributed by atoms with Crippen molar-refractivity contribution in [3.63, 3.8) is 0 Å². The Morgan fingerprint density at radius 1 is 0.375 bits per heavy atom.